The molecule has 1 heterocycles. The highest BCUT2D eigenvalue weighted by Crippen LogP contribution is 2.17. The molecular weight excluding hydrogens is 175 g/mol. The Morgan fingerprint density at radius 3 is 2.64 bits per heavy atom. The maximum absolute atomic E-state index is 12.5. The molecule has 0 bridgehead atoms. The highest BCUT2D eigenvalue weighted by atomic mass is 32.2. The van der Waals surface area contributed by atoms with E-state index in [9.17, 15) is 12.8 Å². The summed E-state index contributed by atoms with van der Waals surface area (Å²) >= 11 is 0. The summed E-state index contributed by atoms with van der Waals surface area (Å²) in [5, 5.41) is 0. The van der Waals surface area contributed by atoms with E-state index in [4.69, 9.17) is 4.55 Å². The van der Waals surface area contributed by atoms with Crippen LogP contribution in [0.5, 0.6) is 0 Å². The van der Waals surface area contributed by atoms with Crippen molar-refractivity contribution in [2.24, 2.45) is 0 Å². The number of allylic oxidation sites excluding steroid dienone is 2. The smallest absolute Gasteiger partial charge is 0.310 e. The molecule has 0 saturated carbocycles. The van der Waals surface area contributed by atoms with Gasteiger partial charge in [-0.2, -0.15) is 8.42 Å². The molecule has 1 N–H and O–H groups in total. The van der Waals surface area contributed by atoms with Crippen LogP contribution in [0.3, 0.4) is 0 Å². The van der Waals surface area contributed by atoms with Crippen LogP contribution in [0.1, 0.15) is 0 Å². The van der Waals surface area contributed by atoms with Gasteiger partial charge in [0.1, 0.15) is 0 Å². The van der Waals surface area contributed by atoms with Gasteiger partial charge in [-0.1, -0.05) is 0 Å². The number of hydrogen-bond acceptors (Lipinski definition) is 3. The molecule has 1 aliphatic rings. The van der Waals surface area contributed by atoms with Crippen molar-refractivity contribution < 1.29 is 22.1 Å². The van der Waals surface area contributed by atoms with Crippen molar-refractivity contribution in [3.05, 3.63) is 24.2 Å². The summed E-state index contributed by atoms with van der Waals surface area (Å²) in [5.74, 6) is -1.03. The third-order valence-corrected chi connectivity index (χ3v) is 1.91. The molecule has 0 fully saturated rings. The van der Waals surface area contributed by atoms with E-state index in [1.54, 1.807) is 0 Å². The van der Waals surface area contributed by atoms with E-state index in [-0.39, 0.29) is 0 Å². The Bertz CT molecular complexity index is 302. The molecular formula is C5H5FO4S. The van der Waals surface area contributed by atoms with Crippen LogP contribution < -0.4 is 0 Å². The minimum Gasteiger partial charge on any atom is -0.472 e. The molecule has 0 radical (unpaired) electrons. The Hall–Kier alpha value is -0.880. The van der Waals surface area contributed by atoms with Crippen molar-refractivity contribution in [2.45, 2.75) is 5.44 Å². The maximum Gasteiger partial charge on any atom is 0.310 e. The Morgan fingerprint density at radius 1 is 1.64 bits per heavy atom. The normalized spacial score (nSPS) is 24.2. The van der Waals surface area contributed by atoms with Crippen molar-refractivity contribution in [2.75, 3.05) is 0 Å². The van der Waals surface area contributed by atoms with Gasteiger partial charge in [-0.05, 0) is 12.2 Å². The van der Waals surface area contributed by atoms with Crippen LogP contribution >= 0.6 is 0 Å². The lowest BCUT2D eigenvalue weighted by molar-refractivity contribution is 0.199. The molecule has 0 saturated heterocycles. The average Bonchev–Trinajstić information content (AvgIpc) is 1.86. The predicted molar refractivity (Wildman–Crippen MR) is 34.8 cm³/mol. The first-order valence-electron chi connectivity index (χ1n) is 2.66. The molecule has 0 aromatic carbocycles. The van der Waals surface area contributed by atoms with Gasteiger partial charge in [0.15, 0.2) is 5.83 Å². The second-order valence-corrected chi connectivity index (χ2v) is 3.32. The lowest BCUT2D eigenvalue weighted by Crippen LogP contribution is -2.23. The van der Waals surface area contributed by atoms with E-state index in [1.165, 1.54) is 6.08 Å². The monoisotopic (exact) mass is 180 g/mol. The lowest BCUT2D eigenvalue weighted by atomic mass is 10.4. The van der Waals surface area contributed by atoms with Crippen molar-refractivity contribution >= 4 is 10.1 Å². The molecule has 1 unspecified atom stereocenters. The van der Waals surface area contributed by atoms with E-state index in [1.807, 2.05) is 0 Å². The zero-order chi connectivity index (χ0) is 8.48. The van der Waals surface area contributed by atoms with Crippen molar-refractivity contribution in [3.8, 4) is 0 Å². The Morgan fingerprint density at radius 2 is 2.27 bits per heavy atom. The van der Waals surface area contributed by atoms with Crippen LogP contribution in [0, 0.1) is 0 Å². The van der Waals surface area contributed by atoms with Crippen molar-refractivity contribution in [1.29, 1.82) is 0 Å². The van der Waals surface area contributed by atoms with Gasteiger partial charge in [-0.15, -0.1) is 0 Å². The standard InChI is InChI=1S/C5H5FO4S/c6-4-2-1-3-10-5(4)11(7,8)9/h1-3,5H,(H,7,8,9). The first-order valence-corrected chi connectivity index (χ1v) is 4.16. The fraction of sp³-hybridized carbons (Fsp3) is 0.200. The van der Waals surface area contributed by atoms with Crippen LogP contribution in [0.25, 0.3) is 0 Å². The molecule has 0 aromatic rings. The summed E-state index contributed by atoms with van der Waals surface area (Å²) in [6.07, 6.45) is 3.08. The predicted octanol–water partition coefficient (Wildman–Crippen LogP) is 0.598. The summed E-state index contributed by atoms with van der Waals surface area (Å²) in [6, 6.07) is 0. The fourth-order valence-electron chi connectivity index (χ4n) is 0.604. The molecule has 6 heteroatoms. The second-order valence-electron chi connectivity index (χ2n) is 1.86. The molecule has 0 aromatic heterocycles. The fourth-order valence-corrected chi connectivity index (χ4v) is 1.17. The van der Waals surface area contributed by atoms with Gasteiger partial charge in [0, 0.05) is 0 Å². The summed E-state index contributed by atoms with van der Waals surface area (Å²) < 4.78 is 45.8. The number of halogens is 1. The third kappa shape index (κ3) is 1.78. The molecule has 4 nitrogen and oxygen atoms in total. The Labute approximate surface area is 62.7 Å². The minimum atomic E-state index is -4.49. The van der Waals surface area contributed by atoms with Gasteiger partial charge in [0.25, 0.3) is 5.44 Å². The van der Waals surface area contributed by atoms with E-state index < -0.39 is 21.4 Å². The summed E-state index contributed by atoms with van der Waals surface area (Å²) in [5.41, 5.74) is -1.90. The SMILES string of the molecule is O=S(=O)(O)C1OC=CC=C1F. The quantitative estimate of drug-likeness (QED) is 0.600. The first-order chi connectivity index (χ1) is 5.02. The molecule has 11 heavy (non-hydrogen) atoms. The van der Waals surface area contributed by atoms with Crippen LogP contribution in [0.4, 0.5) is 4.39 Å². The van der Waals surface area contributed by atoms with Crippen LogP contribution in [0.2, 0.25) is 0 Å². The minimum absolute atomic E-state index is 0.905. The van der Waals surface area contributed by atoms with Crippen LogP contribution in [-0.4, -0.2) is 18.4 Å². The second kappa shape index (κ2) is 2.63. The molecule has 62 valence electrons. The van der Waals surface area contributed by atoms with Crippen LogP contribution in [-0.2, 0) is 14.9 Å². The molecule has 1 rings (SSSR count). The maximum atomic E-state index is 12.5. The topological polar surface area (TPSA) is 63.6 Å². The number of ether oxygens (including phenoxy) is 1. The average molecular weight is 180 g/mol. The number of rotatable bonds is 1. The van der Waals surface area contributed by atoms with Gasteiger partial charge in [0.2, 0.25) is 0 Å². The molecule has 0 spiro atoms. The molecule has 0 amide bonds. The van der Waals surface area contributed by atoms with Gasteiger partial charge < -0.3 is 4.74 Å². The van der Waals surface area contributed by atoms with Gasteiger partial charge in [0.05, 0.1) is 6.26 Å². The Balaban J connectivity index is 2.94. The zero-order valence-electron chi connectivity index (χ0n) is 5.27. The highest BCUT2D eigenvalue weighted by molar-refractivity contribution is 7.86. The van der Waals surface area contributed by atoms with Gasteiger partial charge in [-0.3, -0.25) is 4.55 Å². The first kappa shape index (κ1) is 8.22. The summed E-state index contributed by atoms with van der Waals surface area (Å²) in [6.45, 7) is 0. The Kier molecular flexibility index (Phi) is 1.97. The van der Waals surface area contributed by atoms with E-state index in [0.29, 0.717) is 0 Å². The zero-order valence-corrected chi connectivity index (χ0v) is 6.08. The molecule has 1 atom stereocenters. The third-order valence-electron chi connectivity index (χ3n) is 1.03. The van der Waals surface area contributed by atoms with E-state index in [0.717, 1.165) is 12.3 Å². The summed E-state index contributed by atoms with van der Waals surface area (Å²) in [4.78, 5) is 0. The van der Waals surface area contributed by atoms with E-state index in [2.05, 4.69) is 4.74 Å². The molecule has 1 aliphatic heterocycles. The molecule has 0 aliphatic carbocycles. The van der Waals surface area contributed by atoms with Crippen LogP contribution in [0.15, 0.2) is 24.2 Å². The van der Waals surface area contributed by atoms with Crippen molar-refractivity contribution in [3.63, 3.8) is 0 Å². The largest absolute Gasteiger partial charge is 0.472 e. The van der Waals surface area contributed by atoms with Crippen molar-refractivity contribution in [1.82, 2.24) is 0 Å². The van der Waals surface area contributed by atoms with E-state index >= 15 is 0 Å². The van der Waals surface area contributed by atoms with Gasteiger partial charge >= 0.3 is 10.1 Å². The highest BCUT2D eigenvalue weighted by Gasteiger charge is 2.29. The lowest BCUT2D eigenvalue weighted by Gasteiger charge is -2.13. The summed E-state index contributed by atoms with van der Waals surface area (Å²) in [7, 11) is -4.49. The van der Waals surface area contributed by atoms with Gasteiger partial charge in [-0.25, -0.2) is 4.39 Å². The number of hydrogen-bond donors (Lipinski definition) is 1.